The van der Waals surface area contributed by atoms with Gasteiger partial charge in [0.1, 0.15) is 12.1 Å². The fourth-order valence-corrected chi connectivity index (χ4v) is 3.06. The third kappa shape index (κ3) is 2.41. The Morgan fingerprint density at radius 3 is 2.68 bits per heavy atom. The van der Waals surface area contributed by atoms with Gasteiger partial charge in [0.2, 0.25) is 5.89 Å². The molecule has 2 heterocycles. The van der Waals surface area contributed by atoms with Crippen LogP contribution in [0.25, 0.3) is 0 Å². The van der Waals surface area contributed by atoms with Crippen molar-refractivity contribution in [2.24, 2.45) is 0 Å². The van der Waals surface area contributed by atoms with Gasteiger partial charge in [0, 0.05) is 7.11 Å². The van der Waals surface area contributed by atoms with Gasteiger partial charge < -0.3 is 14.5 Å². The minimum absolute atomic E-state index is 0.0886. The van der Waals surface area contributed by atoms with Gasteiger partial charge in [0.15, 0.2) is 0 Å². The van der Waals surface area contributed by atoms with Crippen LogP contribution in [0.2, 0.25) is 0 Å². The number of hydrogen-bond acceptors (Lipinski definition) is 6. The summed E-state index contributed by atoms with van der Waals surface area (Å²) < 4.78 is 10.8. The first-order valence-corrected chi connectivity index (χ1v) is 7.26. The first-order chi connectivity index (χ1) is 10.6. The lowest BCUT2D eigenvalue weighted by atomic mass is 9.98. The highest BCUT2D eigenvalue weighted by Crippen LogP contribution is 2.34. The maximum atomic E-state index is 12.4. The van der Waals surface area contributed by atoms with Crippen molar-refractivity contribution in [2.75, 3.05) is 13.7 Å². The predicted molar refractivity (Wildman–Crippen MR) is 72.9 cm³/mol. The van der Waals surface area contributed by atoms with Crippen LogP contribution in [0.1, 0.15) is 31.6 Å². The number of methoxy groups -OCH3 is 1. The van der Waals surface area contributed by atoms with Gasteiger partial charge in [-0.05, 0) is 12.8 Å². The zero-order chi connectivity index (χ0) is 15.7. The number of nitrogens with one attached hydrogen (secondary N) is 1. The number of amides is 3. The van der Waals surface area contributed by atoms with Gasteiger partial charge in [-0.25, -0.2) is 9.59 Å². The van der Waals surface area contributed by atoms with E-state index in [2.05, 4.69) is 10.4 Å². The monoisotopic (exact) mass is 310 g/mol. The Labute approximate surface area is 126 Å². The van der Waals surface area contributed by atoms with Gasteiger partial charge in [0.05, 0.1) is 13.1 Å². The van der Waals surface area contributed by atoms with Crippen LogP contribution in [-0.4, -0.2) is 45.8 Å². The number of nitrogens with zero attached hydrogens (tertiary/aromatic N) is 3. The Kier molecular flexibility index (Phi) is 3.73. The number of hydrogen-bond donors (Lipinski definition) is 1. The highest BCUT2D eigenvalue weighted by Gasteiger charge is 2.52. The molecule has 1 saturated heterocycles. The SMILES string of the molecule is COCc1nn(CCN2C(=O)NC3(CCCC3)C2=O)c(=O)o1. The van der Waals surface area contributed by atoms with E-state index in [1.54, 1.807) is 0 Å². The maximum Gasteiger partial charge on any atom is 0.437 e. The molecule has 1 aliphatic heterocycles. The molecule has 1 spiro atoms. The zero-order valence-corrected chi connectivity index (χ0v) is 12.3. The Hall–Kier alpha value is -2.16. The maximum absolute atomic E-state index is 12.4. The number of ether oxygens (including phenoxy) is 1. The largest absolute Gasteiger partial charge is 0.437 e. The molecule has 3 rings (SSSR count). The van der Waals surface area contributed by atoms with Crippen molar-refractivity contribution in [3.8, 4) is 0 Å². The van der Waals surface area contributed by atoms with Crippen LogP contribution >= 0.6 is 0 Å². The number of imide groups is 1. The lowest BCUT2D eigenvalue weighted by molar-refractivity contribution is -0.131. The van der Waals surface area contributed by atoms with E-state index in [4.69, 9.17) is 9.15 Å². The Morgan fingerprint density at radius 1 is 1.27 bits per heavy atom. The molecule has 0 aromatic carbocycles. The summed E-state index contributed by atoms with van der Waals surface area (Å²) in [5, 5.41) is 6.73. The second-order valence-electron chi connectivity index (χ2n) is 5.59. The molecule has 0 radical (unpaired) electrons. The number of rotatable bonds is 5. The Bertz CT molecular complexity index is 643. The summed E-state index contributed by atoms with van der Waals surface area (Å²) in [4.78, 5) is 37.2. The topological polar surface area (TPSA) is 107 Å². The number of aromatic nitrogens is 2. The molecule has 1 aromatic rings. The number of carbonyl (C=O) groups is 2. The fourth-order valence-electron chi connectivity index (χ4n) is 3.06. The molecule has 2 aliphatic rings. The van der Waals surface area contributed by atoms with E-state index in [1.165, 1.54) is 7.11 Å². The summed E-state index contributed by atoms with van der Waals surface area (Å²) in [6.07, 6.45) is 3.22. The van der Waals surface area contributed by atoms with E-state index >= 15 is 0 Å². The number of carbonyl (C=O) groups excluding carboxylic acids is 2. The summed E-state index contributed by atoms with van der Waals surface area (Å²) in [6.45, 7) is 0.279. The highest BCUT2D eigenvalue weighted by molar-refractivity contribution is 6.07. The van der Waals surface area contributed by atoms with Crippen molar-refractivity contribution in [1.29, 1.82) is 0 Å². The Morgan fingerprint density at radius 2 is 2.00 bits per heavy atom. The molecular weight excluding hydrogens is 292 g/mol. The predicted octanol–water partition coefficient (Wildman–Crippen LogP) is -0.153. The van der Waals surface area contributed by atoms with Gasteiger partial charge in [-0.15, -0.1) is 5.10 Å². The minimum Gasteiger partial charge on any atom is -0.390 e. The van der Waals surface area contributed by atoms with E-state index in [-0.39, 0.29) is 31.5 Å². The molecular formula is C13H18N4O5. The first kappa shape index (κ1) is 14.8. The van der Waals surface area contributed by atoms with Crippen molar-refractivity contribution < 1.29 is 18.7 Å². The molecule has 1 aliphatic carbocycles. The second-order valence-corrected chi connectivity index (χ2v) is 5.59. The average molecular weight is 310 g/mol. The van der Waals surface area contributed by atoms with Crippen molar-refractivity contribution in [3.63, 3.8) is 0 Å². The highest BCUT2D eigenvalue weighted by atomic mass is 16.5. The van der Waals surface area contributed by atoms with Crippen LogP contribution in [0, 0.1) is 0 Å². The molecule has 9 heteroatoms. The molecule has 0 atom stereocenters. The van der Waals surface area contributed by atoms with E-state index in [9.17, 15) is 14.4 Å². The van der Waals surface area contributed by atoms with E-state index < -0.39 is 17.3 Å². The molecule has 1 aromatic heterocycles. The van der Waals surface area contributed by atoms with Crippen LogP contribution in [0.5, 0.6) is 0 Å². The molecule has 3 amide bonds. The van der Waals surface area contributed by atoms with E-state index in [0.29, 0.717) is 12.8 Å². The summed E-state index contributed by atoms with van der Waals surface area (Å²) >= 11 is 0. The van der Waals surface area contributed by atoms with Gasteiger partial charge >= 0.3 is 11.8 Å². The normalized spacial score (nSPS) is 20.1. The summed E-state index contributed by atoms with van der Waals surface area (Å²) in [5.74, 6) is -0.671. The quantitative estimate of drug-likeness (QED) is 0.758. The third-order valence-electron chi connectivity index (χ3n) is 4.15. The summed E-state index contributed by atoms with van der Waals surface area (Å²) in [6, 6.07) is -0.402. The number of urea groups is 1. The molecule has 0 bridgehead atoms. The Balaban J connectivity index is 1.67. The van der Waals surface area contributed by atoms with Gasteiger partial charge in [-0.3, -0.25) is 9.69 Å². The van der Waals surface area contributed by atoms with Crippen molar-refractivity contribution in [3.05, 3.63) is 16.4 Å². The minimum atomic E-state index is -0.729. The van der Waals surface area contributed by atoms with Crippen LogP contribution in [-0.2, 0) is 22.7 Å². The van der Waals surface area contributed by atoms with Crippen molar-refractivity contribution >= 4 is 11.9 Å². The molecule has 1 N–H and O–H groups in total. The lowest BCUT2D eigenvalue weighted by Crippen LogP contribution is -2.44. The summed E-state index contributed by atoms with van der Waals surface area (Å²) in [5.41, 5.74) is -0.729. The van der Waals surface area contributed by atoms with Gasteiger partial charge in [-0.2, -0.15) is 4.68 Å². The second kappa shape index (κ2) is 5.56. The van der Waals surface area contributed by atoms with Crippen LogP contribution in [0.3, 0.4) is 0 Å². The third-order valence-corrected chi connectivity index (χ3v) is 4.15. The lowest BCUT2D eigenvalue weighted by Gasteiger charge is -2.19. The molecule has 9 nitrogen and oxygen atoms in total. The van der Waals surface area contributed by atoms with Crippen molar-refractivity contribution in [1.82, 2.24) is 20.0 Å². The average Bonchev–Trinajstić information content (AvgIpc) is 3.13. The molecule has 1 saturated carbocycles. The summed E-state index contributed by atoms with van der Waals surface area (Å²) in [7, 11) is 1.47. The zero-order valence-electron chi connectivity index (χ0n) is 12.3. The van der Waals surface area contributed by atoms with Crippen molar-refractivity contribution in [2.45, 2.75) is 44.4 Å². The standard InChI is InChI=1S/C13H18N4O5/c1-21-8-9-15-17(12(20)22-9)7-6-16-10(18)13(14-11(16)19)4-2-3-5-13/h2-8H2,1H3,(H,14,19). The fraction of sp³-hybridized carbons (Fsp3) is 0.692. The van der Waals surface area contributed by atoms with Crippen LogP contribution < -0.4 is 11.1 Å². The first-order valence-electron chi connectivity index (χ1n) is 7.26. The molecule has 0 unspecified atom stereocenters. The molecule has 120 valence electrons. The van der Waals surface area contributed by atoms with Gasteiger partial charge in [0.25, 0.3) is 5.91 Å². The molecule has 22 heavy (non-hydrogen) atoms. The van der Waals surface area contributed by atoms with Crippen LogP contribution in [0.15, 0.2) is 9.21 Å². The van der Waals surface area contributed by atoms with E-state index in [1.807, 2.05) is 0 Å². The smallest absolute Gasteiger partial charge is 0.390 e. The van der Waals surface area contributed by atoms with E-state index in [0.717, 1.165) is 22.4 Å². The molecule has 2 fully saturated rings. The van der Waals surface area contributed by atoms with Crippen LogP contribution in [0.4, 0.5) is 4.79 Å². The van der Waals surface area contributed by atoms with Gasteiger partial charge in [-0.1, -0.05) is 12.8 Å².